The molecule has 0 aromatic carbocycles. The van der Waals surface area contributed by atoms with E-state index in [0.717, 1.165) is 5.56 Å². The van der Waals surface area contributed by atoms with Crippen LogP contribution >= 0.6 is 0 Å². The number of hydrogen-bond donors (Lipinski definition) is 0. The SMILES string of the molecule is [2H]Cc1[c-]nncc1.[V]. The first kappa shape index (κ1) is 5.79. The molecule has 0 saturated carbocycles. The molecule has 1 radical (unpaired) electrons. The molecule has 0 aliphatic carbocycles. The average molecular weight is 145 g/mol. The van der Waals surface area contributed by atoms with E-state index in [9.17, 15) is 0 Å². The first-order chi connectivity index (χ1) is 3.93. The molecule has 0 unspecified atom stereocenters. The van der Waals surface area contributed by atoms with E-state index in [-0.39, 0.29) is 25.5 Å². The quantitative estimate of drug-likeness (QED) is 0.499. The Morgan fingerprint density at radius 3 is 3.12 bits per heavy atom. The normalized spacial score (nSPS) is 9.25. The predicted octanol–water partition coefficient (Wildman–Crippen LogP) is 0.583. The van der Waals surface area contributed by atoms with Gasteiger partial charge in [0.15, 0.2) is 0 Å². The zero-order chi connectivity index (χ0) is 5.82. The topological polar surface area (TPSA) is 25.8 Å². The van der Waals surface area contributed by atoms with Crippen molar-refractivity contribution in [3.8, 4) is 0 Å². The maximum absolute atomic E-state index is 6.84. The van der Waals surface area contributed by atoms with E-state index in [2.05, 4.69) is 16.4 Å². The minimum Gasteiger partial charge on any atom is -0.268 e. The second-order valence-corrected chi connectivity index (χ2v) is 1.17. The third kappa shape index (κ3) is 2.10. The molecule has 41 valence electrons. The van der Waals surface area contributed by atoms with Gasteiger partial charge in [0.25, 0.3) is 0 Å². The first-order valence-electron chi connectivity index (χ1n) is 2.61. The number of aryl methyl sites for hydroxylation is 1. The van der Waals surface area contributed by atoms with Crippen molar-refractivity contribution in [2.24, 2.45) is 0 Å². The summed E-state index contributed by atoms with van der Waals surface area (Å²) in [5.41, 5.74) is 0.778. The van der Waals surface area contributed by atoms with Crippen molar-refractivity contribution in [1.82, 2.24) is 10.2 Å². The van der Waals surface area contributed by atoms with E-state index >= 15 is 0 Å². The summed E-state index contributed by atoms with van der Waals surface area (Å²) in [5, 5.41) is 6.96. The van der Waals surface area contributed by atoms with Gasteiger partial charge in [-0.25, -0.2) is 5.56 Å². The molecule has 0 aliphatic rings. The first-order valence-corrected chi connectivity index (χ1v) is 1.91. The van der Waals surface area contributed by atoms with E-state index in [0.29, 0.717) is 0 Å². The van der Waals surface area contributed by atoms with Gasteiger partial charge in [0.2, 0.25) is 0 Å². The van der Waals surface area contributed by atoms with E-state index in [1.165, 1.54) is 0 Å². The summed E-state index contributed by atoms with van der Waals surface area (Å²) in [5.74, 6) is 0. The zero-order valence-corrected chi connectivity index (χ0v) is 5.60. The molecule has 0 N–H and O–H groups in total. The molecule has 0 saturated heterocycles. The number of rotatable bonds is 0. The molecule has 0 spiro atoms. The van der Waals surface area contributed by atoms with Gasteiger partial charge in [-0.3, -0.25) is 5.10 Å². The molecule has 1 rings (SSSR count). The van der Waals surface area contributed by atoms with Gasteiger partial charge in [0.1, 0.15) is 0 Å². The molecule has 1 aromatic rings. The number of aromatic nitrogens is 2. The Bertz CT molecular complexity index is 156. The van der Waals surface area contributed by atoms with Gasteiger partial charge in [-0.2, -0.15) is 11.2 Å². The van der Waals surface area contributed by atoms with Gasteiger partial charge < -0.3 is 0 Å². The van der Waals surface area contributed by atoms with Crippen LogP contribution in [0.2, 0.25) is 0 Å². The number of hydrogen-bond acceptors (Lipinski definition) is 2. The molecule has 0 fully saturated rings. The van der Waals surface area contributed by atoms with Crippen LogP contribution < -0.4 is 0 Å². The van der Waals surface area contributed by atoms with Crippen LogP contribution in [-0.2, 0) is 18.6 Å². The molecule has 0 atom stereocenters. The Labute approximate surface area is 61.6 Å². The molecule has 0 bridgehead atoms. The summed E-state index contributed by atoms with van der Waals surface area (Å²) < 4.78 is 6.84. The Balaban J connectivity index is 0.000000640. The zero-order valence-electron chi connectivity index (χ0n) is 5.20. The molecule has 3 heteroatoms. The van der Waals surface area contributed by atoms with Crippen molar-refractivity contribution in [3.63, 3.8) is 0 Å². The van der Waals surface area contributed by atoms with E-state index in [4.69, 9.17) is 1.37 Å². The molecular weight excluding hydrogens is 139 g/mol. The molecule has 1 aromatic heterocycles. The Morgan fingerprint density at radius 2 is 2.75 bits per heavy atom. The molecule has 2 nitrogen and oxygen atoms in total. The van der Waals surface area contributed by atoms with E-state index in [1.807, 2.05) is 0 Å². The average Bonchev–Trinajstić information content (AvgIpc) is 1.90. The van der Waals surface area contributed by atoms with Crippen molar-refractivity contribution in [2.45, 2.75) is 6.90 Å². The van der Waals surface area contributed by atoms with Crippen LogP contribution in [0.4, 0.5) is 0 Å². The number of nitrogens with zero attached hydrogens (tertiary/aromatic N) is 2. The van der Waals surface area contributed by atoms with Crippen LogP contribution in [0.5, 0.6) is 0 Å². The van der Waals surface area contributed by atoms with E-state index < -0.39 is 0 Å². The summed E-state index contributed by atoms with van der Waals surface area (Å²) in [6.45, 7) is 0.232. The third-order valence-electron chi connectivity index (χ3n) is 0.594. The van der Waals surface area contributed by atoms with Crippen LogP contribution in [-0.4, -0.2) is 10.2 Å². The second kappa shape index (κ2) is 3.64. The molecule has 0 amide bonds. The Kier molecular flexibility index (Phi) is 2.64. The minimum absolute atomic E-state index is 0. The fraction of sp³-hybridized carbons (Fsp3) is 0.200. The molecule has 1 heterocycles. The van der Waals surface area contributed by atoms with Crippen LogP contribution in [0.1, 0.15) is 6.93 Å². The summed E-state index contributed by atoms with van der Waals surface area (Å²) in [6.07, 6.45) is 4.13. The fourth-order valence-electron chi connectivity index (χ4n) is 0.287. The van der Waals surface area contributed by atoms with Crippen molar-refractivity contribution in [1.29, 1.82) is 0 Å². The van der Waals surface area contributed by atoms with E-state index in [1.54, 1.807) is 12.3 Å². The second-order valence-electron chi connectivity index (χ2n) is 1.17. The van der Waals surface area contributed by atoms with Crippen LogP contribution in [0.25, 0.3) is 0 Å². The van der Waals surface area contributed by atoms with Crippen LogP contribution in [0.15, 0.2) is 12.3 Å². The maximum atomic E-state index is 6.84. The van der Waals surface area contributed by atoms with Gasteiger partial charge in [-0.15, -0.1) is 6.20 Å². The van der Waals surface area contributed by atoms with Crippen LogP contribution in [0.3, 0.4) is 0 Å². The summed E-state index contributed by atoms with van der Waals surface area (Å²) in [7, 11) is 0. The monoisotopic (exact) mass is 145 g/mol. The van der Waals surface area contributed by atoms with Gasteiger partial charge in [-0.1, -0.05) is 6.90 Å². The Morgan fingerprint density at radius 1 is 1.88 bits per heavy atom. The standard InChI is InChI=1S/C5H5N2.V/c1-5-2-3-6-7-4-5;/h2-3H,1H3;/q-1;/i1D;. The summed E-state index contributed by atoms with van der Waals surface area (Å²) in [4.78, 5) is 0. The summed E-state index contributed by atoms with van der Waals surface area (Å²) in [6, 6.07) is 1.72. The van der Waals surface area contributed by atoms with Crippen molar-refractivity contribution < 1.29 is 19.9 Å². The predicted molar refractivity (Wildman–Crippen MR) is 25.6 cm³/mol. The van der Waals surface area contributed by atoms with Crippen molar-refractivity contribution in [2.75, 3.05) is 0 Å². The molecular formula is C5H5N2V-. The minimum atomic E-state index is 0. The van der Waals surface area contributed by atoms with Gasteiger partial charge in [0, 0.05) is 19.9 Å². The largest absolute Gasteiger partial charge is 0.268 e. The molecule has 0 aliphatic heterocycles. The molecule has 8 heavy (non-hydrogen) atoms. The van der Waals surface area contributed by atoms with Crippen molar-refractivity contribution >= 4 is 0 Å². The van der Waals surface area contributed by atoms with Gasteiger partial charge in [-0.05, 0) is 6.20 Å². The Hall–Kier alpha value is -0.336. The van der Waals surface area contributed by atoms with Gasteiger partial charge >= 0.3 is 0 Å². The van der Waals surface area contributed by atoms with Crippen LogP contribution in [0, 0.1) is 13.1 Å². The summed E-state index contributed by atoms with van der Waals surface area (Å²) >= 11 is 0. The van der Waals surface area contributed by atoms with Crippen molar-refractivity contribution in [3.05, 3.63) is 24.0 Å². The maximum Gasteiger partial charge on any atom is 0.0249 e. The third-order valence-corrected chi connectivity index (χ3v) is 0.594. The fourth-order valence-corrected chi connectivity index (χ4v) is 0.287. The van der Waals surface area contributed by atoms with Gasteiger partial charge in [0.05, 0.1) is 0 Å². The smallest absolute Gasteiger partial charge is 0.0249 e.